The fourth-order valence-corrected chi connectivity index (χ4v) is 4.87. The lowest BCUT2D eigenvalue weighted by Gasteiger charge is -2.30. The highest BCUT2D eigenvalue weighted by molar-refractivity contribution is 7.12. The first-order valence-electron chi connectivity index (χ1n) is 11.4. The van der Waals surface area contributed by atoms with Gasteiger partial charge in [-0.15, -0.1) is 11.3 Å². The monoisotopic (exact) mass is 482 g/mol. The van der Waals surface area contributed by atoms with Gasteiger partial charge in [0.15, 0.2) is 5.78 Å². The third kappa shape index (κ3) is 4.81. The average Bonchev–Trinajstić information content (AvgIpc) is 3.43. The standard InChI is InChI=1S/C30H23FO3S/c1-2-33-23-15-11-21(12-16-23)30-25(17-18-26(32)28-8-5-19-35-28)29(20-9-13-22(31)14-10-20)24-6-3-4-7-27(24)34-30/h3-19,29H,2H2,1H3/b18-17-/t29-/m1/s1. The van der Waals surface area contributed by atoms with Crippen LogP contribution < -0.4 is 9.47 Å². The number of carbonyl (C=O) groups is 1. The number of halogens is 1. The Bertz CT molecular complexity index is 1380. The Labute approximate surface area is 207 Å². The van der Waals surface area contributed by atoms with Gasteiger partial charge in [-0.05, 0) is 72.5 Å². The van der Waals surface area contributed by atoms with Crippen molar-refractivity contribution >= 4 is 22.9 Å². The molecular weight excluding hydrogens is 459 g/mol. The first-order chi connectivity index (χ1) is 17.1. The molecule has 174 valence electrons. The molecule has 2 heterocycles. The van der Waals surface area contributed by atoms with E-state index in [-0.39, 0.29) is 17.5 Å². The maximum Gasteiger partial charge on any atom is 0.195 e. The number of hydrogen-bond donors (Lipinski definition) is 0. The smallest absolute Gasteiger partial charge is 0.195 e. The first-order valence-corrected chi connectivity index (χ1v) is 12.3. The molecular formula is C30H23FO3S. The summed E-state index contributed by atoms with van der Waals surface area (Å²) in [5.74, 6) is 1.54. The van der Waals surface area contributed by atoms with Crippen molar-refractivity contribution in [3.8, 4) is 11.5 Å². The van der Waals surface area contributed by atoms with E-state index in [1.807, 2.05) is 79.0 Å². The first kappa shape index (κ1) is 22.8. The number of allylic oxidation sites excluding steroid dienone is 3. The van der Waals surface area contributed by atoms with Gasteiger partial charge in [0.05, 0.1) is 11.5 Å². The van der Waals surface area contributed by atoms with E-state index in [1.165, 1.54) is 23.5 Å². The quantitative estimate of drug-likeness (QED) is 0.200. The van der Waals surface area contributed by atoms with E-state index >= 15 is 0 Å². The van der Waals surface area contributed by atoms with Gasteiger partial charge in [0.1, 0.15) is 23.1 Å². The van der Waals surface area contributed by atoms with Crippen LogP contribution in [0.15, 0.2) is 108 Å². The number of hydrogen-bond acceptors (Lipinski definition) is 4. The van der Waals surface area contributed by atoms with E-state index in [2.05, 4.69) is 0 Å². The minimum atomic E-state index is -0.297. The van der Waals surface area contributed by atoms with E-state index in [9.17, 15) is 9.18 Å². The lowest BCUT2D eigenvalue weighted by atomic mass is 9.81. The Morgan fingerprint density at radius 2 is 1.77 bits per heavy atom. The number of rotatable bonds is 7. The Kier molecular flexibility index (Phi) is 6.59. The van der Waals surface area contributed by atoms with Gasteiger partial charge in [0, 0.05) is 22.6 Å². The highest BCUT2D eigenvalue weighted by Gasteiger charge is 2.30. The average molecular weight is 483 g/mol. The molecule has 4 aromatic rings. The maximum atomic E-state index is 13.8. The van der Waals surface area contributed by atoms with Crippen LogP contribution in [0, 0.1) is 5.82 Å². The molecule has 3 nitrogen and oxygen atoms in total. The second-order valence-corrected chi connectivity index (χ2v) is 8.99. The molecule has 0 saturated heterocycles. The Hall–Kier alpha value is -3.96. The second kappa shape index (κ2) is 10.1. The van der Waals surface area contributed by atoms with Crippen molar-refractivity contribution in [2.45, 2.75) is 12.8 Å². The molecule has 1 aromatic heterocycles. The van der Waals surface area contributed by atoms with Gasteiger partial charge in [-0.25, -0.2) is 4.39 Å². The number of benzene rings is 3. The second-order valence-electron chi connectivity index (χ2n) is 8.04. The van der Waals surface area contributed by atoms with Gasteiger partial charge in [-0.1, -0.05) is 42.5 Å². The summed E-state index contributed by atoms with van der Waals surface area (Å²) < 4.78 is 25.8. The Balaban J connectivity index is 1.68. The molecule has 0 spiro atoms. The Morgan fingerprint density at radius 1 is 1.00 bits per heavy atom. The summed E-state index contributed by atoms with van der Waals surface area (Å²) in [5.41, 5.74) is 3.55. The summed E-state index contributed by atoms with van der Waals surface area (Å²) in [5, 5.41) is 1.88. The Morgan fingerprint density at radius 3 is 2.49 bits per heavy atom. The van der Waals surface area contributed by atoms with Crippen molar-refractivity contribution in [1.29, 1.82) is 0 Å². The van der Waals surface area contributed by atoms with Crippen molar-refractivity contribution < 1.29 is 18.7 Å². The van der Waals surface area contributed by atoms with Crippen LogP contribution >= 0.6 is 11.3 Å². The zero-order valence-electron chi connectivity index (χ0n) is 19.1. The minimum Gasteiger partial charge on any atom is -0.494 e. The fourth-order valence-electron chi connectivity index (χ4n) is 4.23. The highest BCUT2D eigenvalue weighted by Crippen LogP contribution is 2.46. The molecule has 3 aromatic carbocycles. The zero-order chi connectivity index (χ0) is 24.2. The molecule has 0 bridgehead atoms. The van der Waals surface area contributed by atoms with E-state index in [1.54, 1.807) is 18.2 Å². The molecule has 1 aliphatic rings. The molecule has 0 aliphatic carbocycles. The van der Waals surface area contributed by atoms with Crippen LogP contribution in [0.2, 0.25) is 0 Å². The predicted molar refractivity (Wildman–Crippen MR) is 138 cm³/mol. The maximum absolute atomic E-state index is 13.8. The predicted octanol–water partition coefficient (Wildman–Crippen LogP) is 7.66. The van der Waals surface area contributed by atoms with Gasteiger partial charge < -0.3 is 9.47 Å². The number of para-hydroxylation sites is 1. The summed E-state index contributed by atoms with van der Waals surface area (Å²) in [6.45, 7) is 2.52. The lowest BCUT2D eigenvalue weighted by molar-refractivity contribution is 0.105. The molecule has 35 heavy (non-hydrogen) atoms. The van der Waals surface area contributed by atoms with Crippen molar-refractivity contribution in [3.63, 3.8) is 0 Å². The summed E-state index contributed by atoms with van der Waals surface area (Å²) in [6.07, 6.45) is 3.42. The number of carbonyl (C=O) groups excluding carboxylic acids is 1. The molecule has 0 amide bonds. The molecule has 0 fully saturated rings. The zero-order valence-corrected chi connectivity index (χ0v) is 19.9. The summed E-state index contributed by atoms with van der Waals surface area (Å²) in [6, 6.07) is 25.7. The van der Waals surface area contributed by atoms with Gasteiger partial charge in [-0.2, -0.15) is 0 Å². The van der Waals surface area contributed by atoms with Gasteiger partial charge >= 0.3 is 0 Å². The third-order valence-corrected chi connectivity index (χ3v) is 6.71. The van der Waals surface area contributed by atoms with Gasteiger partial charge in [-0.3, -0.25) is 4.79 Å². The summed E-state index contributed by atoms with van der Waals surface area (Å²) in [4.78, 5) is 13.5. The minimum absolute atomic E-state index is 0.0738. The van der Waals surface area contributed by atoms with Crippen LogP contribution in [0.3, 0.4) is 0 Å². The van der Waals surface area contributed by atoms with Crippen LogP contribution in [0.5, 0.6) is 11.5 Å². The topological polar surface area (TPSA) is 35.5 Å². The van der Waals surface area contributed by atoms with E-state index in [0.29, 0.717) is 17.2 Å². The van der Waals surface area contributed by atoms with Crippen molar-refractivity contribution in [3.05, 3.63) is 135 Å². The molecule has 1 aliphatic heterocycles. The van der Waals surface area contributed by atoms with E-state index in [4.69, 9.17) is 9.47 Å². The number of ketones is 1. The van der Waals surface area contributed by atoms with Crippen molar-refractivity contribution in [1.82, 2.24) is 0 Å². The summed E-state index contributed by atoms with van der Waals surface area (Å²) >= 11 is 1.40. The lowest BCUT2D eigenvalue weighted by Crippen LogP contribution is -2.16. The largest absolute Gasteiger partial charge is 0.494 e. The number of ether oxygens (including phenoxy) is 2. The van der Waals surface area contributed by atoms with Crippen LogP contribution in [-0.4, -0.2) is 12.4 Å². The molecule has 0 N–H and O–H groups in total. The van der Waals surface area contributed by atoms with Gasteiger partial charge in [0.25, 0.3) is 0 Å². The molecule has 1 atom stereocenters. The van der Waals surface area contributed by atoms with Crippen LogP contribution in [0.1, 0.15) is 39.2 Å². The molecule has 5 rings (SSSR count). The van der Waals surface area contributed by atoms with Crippen LogP contribution in [0.25, 0.3) is 5.76 Å². The normalized spacial score (nSPS) is 15.1. The van der Waals surface area contributed by atoms with Crippen LogP contribution in [0.4, 0.5) is 4.39 Å². The van der Waals surface area contributed by atoms with Crippen LogP contribution in [-0.2, 0) is 0 Å². The number of thiophene rings is 1. The van der Waals surface area contributed by atoms with E-state index in [0.717, 1.165) is 33.8 Å². The molecule has 5 heteroatoms. The number of fused-ring (bicyclic) bond motifs is 1. The fraction of sp³-hybridized carbons (Fsp3) is 0.100. The summed E-state index contributed by atoms with van der Waals surface area (Å²) in [7, 11) is 0. The highest BCUT2D eigenvalue weighted by atomic mass is 32.1. The van der Waals surface area contributed by atoms with Gasteiger partial charge in [0.2, 0.25) is 0 Å². The SMILES string of the molecule is CCOc1ccc(C2=C(/C=C\C(=O)c3cccs3)[C@H](c3ccc(F)cc3)c3ccccc3O2)cc1. The molecule has 0 unspecified atom stereocenters. The molecule has 0 radical (unpaired) electrons. The van der Waals surface area contributed by atoms with Crippen molar-refractivity contribution in [2.75, 3.05) is 6.61 Å². The third-order valence-electron chi connectivity index (χ3n) is 5.82. The molecule has 0 saturated carbocycles. The van der Waals surface area contributed by atoms with E-state index < -0.39 is 0 Å². The van der Waals surface area contributed by atoms with Crippen molar-refractivity contribution in [2.24, 2.45) is 0 Å².